The first-order chi connectivity index (χ1) is 14.6. The number of rotatable bonds is 3. The van der Waals surface area contributed by atoms with Gasteiger partial charge in [-0.2, -0.15) is 0 Å². The van der Waals surface area contributed by atoms with Crippen molar-refractivity contribution >= 4 is 34.2 Å². The van der Waals surface area contributed by atoms with Crippen LogP contribution in [0.2, 0.25) is 5.02 Å². The molecule has 4 aromatic rings. The van der Waals surface area contributed by atoms with Crippen LogP contribution < -0.4 is 5.32 Å². The molecule has 5 rings (SSSR count). The summed E-state index contributed by atoms with van der Waals surface area (Å²) in [5, 5.41) is 14.6. The number of amides is 1. The summed E-state index contributed by atoms with van der Waals surface area (Å²) in [4.78, 5) is 12.6. The van der Waals surface area contributed by atoms with Gasteiger partial charge in [0.2, 0.25) is 0 Å². The second-order valence-corrected chi connectivity index (χ2v) is 7.71. The number of benzene rings is 4. The fraction of sp³-hybridized carbons (Fsp3) is 0.0800. The van der Waals surface area contributed by atoms with E-state index < -0.39 is 6.09 Å². The summed E-state index contributed by atoms with van der Waals surface area (Å²) < 4.78 is 5.61. The second-order valence-electron chi connectivity index (χ2n) is 7.27. The maximum atomic E-state index is 12.6. The van der Waals surface area contributed by atoms with Crippen LogP contribution in [0.15, 0.2) is 78.9 Å². The summed E-state index contributed by atoms with van der Waals surface area (Å²) in [6.45, 7) is 0.238. The number of carbonyl (C=O) groups excluding carboxylic acids is 1. The third-order valence-electron chi connectivity index (χ3n) is 5.54. The predicted octanol–water partition coefficient (Wildman–Crippen LogP) is 6.56. The molecule has 4 aromatic carbocycles. The fourth-order valence-electron chi connectivity index (χ4n) is 4.16. The number of aromatic hydroxyl groups is 1. The average Bonchev–Trinajstić information content (AvgIpc) is 3.08. The predicted molar refractivity (Wildman–Crippen MR) is 119 cm³/mol. The van der Waals surface area contributed by atoms with Gasteiger partial charge in [0.1, 0.15) is 12.4 Å². The van der Waals surface area contributed by atoms with Gasteiger partial charge in [0.05, 0.1) is 5.69 Å². The Labute approximate surface area is 178 Å². The molecule has 5 heteroatoms. The average molecular weight is 416 g/mol. The molecular weight excluding hydrogens is 398 g/mol. The molecule has 1 aliphatic rings. The Balaban J connectivity index is 1.37. The number of ether oxygens (including phenoxy) is 1. The van der Waals surface area contributed by atoms with E-state index >= 15 is 0 Å². The maximum absolute atomic E-state index is 12.6. The lowest BCUT2D eigenvalue weighted by Crippen LogP contribution is -2.18. The van der Waals surface area contributed by atoms with Crippen LogP contribution in [0.25, 0.3) is 21.9 Å². The zero-order valence-electron chi connectivity index (χ0n) is 15.9. The molecule has 0 heterocycles. The van der Waals surface area contributed by atoms with Crippen molar-refractivity contribution < 1.29 is 14.6 Å². The Morgan fingerprint density at radius 2 is 1.57 bits per heavy atom. The molecule has 0 aliphatic heterocycles. The van der Waals surface area contributed by atoms with Gasteiger partial charge in [0, 0.05) is 21.7 Å². The smallest absolute Gasteiger partial charge is 0.411 e. The van der Waals surface area contributed by atoms with E-state index in [0.29, 0.717) is 21.5 Å². The lowest BCUT2D eigenvalue weighted by Gasteiger charge is -2.15. The normalized spacial score (nSPS) is 12.4. The molecular formula is C25H18ClNO3. The van der Waals surface area contributed by atoms with Gasteiger partial charge in [0.15, 0.2) is 0 Å². The van der Waals surface area contributed by atoms with Crippen molar-refractivity contribution in [1.82, 2.24) is 0 Å². The van der Waals surface area contributed by atoms with Crippen LogP contribution >= 0.6 is 11.6 Å². The number of carbonyl (C=O) groups is 1. The highest BCUT2D eigenvalue weighted by atomic mass is 35.5. The zero-order chi connectivity index (χ0) is 20.7. The van der Waals surface area contributed by atoms with E-state index in [1.54, 1.807) is 24.3 Å². The first kappa shape index (κ1) is 18.5. The third-order valence-corrected chi connectivity index (χ3v) is 5.77. The highest BCUT2D eigenvalue weighted by Gasteiger charge is 2.29. The number of phenolic OH excluding ortho intramolecular Hbond substituents is 1. The van der Waals surface area contributed by atoms with E-state index in [9.17, 15) is 9.90 Å². The number of phenols is 1. The minimum Gasteiger partial charge on any atom is -0.507 e. The molecule has 0 fully saturated rings. The first-order valence-corrected chi connectivity index (χ1v) is 10.0. The molecule has 0 spiro atoms. The molecule has 1 amide bonds. The number of hydrogen-bond acceptors (Lipinski definition) is 3. The van der Waals surface area contributed by atoms with E-state index in [1.165, 1.54) is 17.2 Å². The van der Waals surface area contributed by atoms with Crippen molar-refractivity contribution in [3.05, 3.63) is 95.0 Å². The zero-order valence-corrected chi connectivity index (χ0v) is 16.7. The Morgan fingerprint density at radius 1 is 0.900 bits per heavy atom. The lowest BCUT2D eigenvalue weighted by atomic mass is 9.98. The van der Waals surface area contributed by atoms with Gasteiger partial charge in [-0.25, -0.2) is 4.79 Å². The quantitative estimate of drug-likeness (QED) is 0.372. The van der Waals surface area contributed by atoms with Gasteiger partial charge < -0.3 is 9.84 Å². The monoisotopic (exact) mass is 415 g/mol. The number of hydrogen-bond donors (Lipinski definition) is 2. The van der Waals surface area contributed by atoms with Crippen LogP contribution in [0.4, 0.5) is 10.5 Å². The van der Waals surface area contributed by atoms with Crippen LogP contribution in [0, 0.1) is 0 Å². The fourth-order valence-corrected chi connectivity index (χ4v) is 4.33. The number of halogens is 1. The first-order valence-electron chi connectivity index (χ1n) is 9.65. The summed E-state index contributed by atoms with van der Waals surface area (Å²) in [5.41, 5.74) is 5.25. The summed E-state index contributed by atoms with van der Waals surface area (Å²) in [6, 6.07) is 24.7. The van der Waals surface area contributed by atoms with E-state index in [4.69, 9.17) is 16.3 Å². The Morgan fingerprint density at radius 3 is 2.27 bits per heavy atom. The Kier molecular flexibility index (Phi) is 4.57. The molecule has 0 unspecified atom stereocenters. The summed E-state index contributed by atoms with van der Waals surface area (Å²) in [5.74, 6) is 0.101. The maximum Gasteiger partial charge on any atom is 0.411 e. The summed E-state index contributed by atoms with van der Waals surface area (Å²) >= 11 is 6.03. The summed E-state index contributed by atoms with van der Waals surface area (Å²) in [7, 11) is 0. The van der Waals surface area contributed by atoms with Crippen LogP contribution in [0.1, 0.15) is 17.0 Å². The number of nitrogens with one attached hydrogen (secondary N) is 1. The van der Waals surface area contributed by atoms with Gasteiger partial charge >= 0.3 is 6.09 Å². The third kappa shape index (κ3) is 3.15. The molecule has 0 atom stereocenters. The molecule has 2 N–H and O–H groups in total. The topological polar surface area (TPSA) is 58.6 Å². The van der Waals surface area contributed by atoms with E-state index in [-0.39, 0.29) is 18.3 Å². The second kappa shape index (κ2) is 7.39. The molecule has 1 aliphatic carbocycles. The standard InChI is InChI=1S/C25H18ClNO3/c26-15-9-10-20-21(13-15)24(28)12-11-23(20)27-25(29)30-14-22-18-7-3-1-5-16(18)17-6-2-4-8-19(17)22/h1-13,22,28H,14H2,(H,27,29). The minimum atomic E-state index is -0.543. The van der Waals surface area contributed by atoms with Gasteiger partial charge in [0.25, 0.3) is 0 Å². The van der Waals surface area contributed by atoms with Gasteiger partial charge in [-0.05, 0) is 46.5 Å². The van der Waals surface area contributed by atoms with Crippen molar-refractivity contribution in [3.8, 4) is 16.9 Å². The van der Waals surface area contributed by atoms with Crippen molar-refractivity contribution in [1.29, 1.82) is 0 Å². The molecule has 30 heavy (non-hydrogen) atoms. The Bertz CT molecular complexity index is 1240. The van der Waals surface area contributed by atoms with Gasteiger partial charge in [-0.15, -0.1) is 0 Å². The number of fused-ring (bicyclic) bond motifs is 4. The minimum absolute atomic E-state index is 0.00137. The van der Waals surface area contributed by atoms with E-state index in [2.05, 4.69) is 29.6 Å². The molecule has 0 radical (unpaired) electrons. The van der Waals surface area contributed by atoms with E-state index in [0.717, 1.165) is 11.1 Å². The highest BCUT2D eigenvalue weighted by molar-refractivity contribution is 6.31. The number of anilines is 1. The SMILES string of the molecule is O=C(Nc1ccc(O)c2cc(Cl)ccc12)OCC1c2ccccc2-c2ccccc21. The summed E-state index contributed by atoms with van der Waals surface area (Å²) in [6.07, 6.45) is -0.543. The molecule has 0 aromatic heterocycles. The molecule has 4 nitrogen and oxygen atoms in total. The Hall–Kier alpha value is -3.50. The van der Waals surface area contributed by atoms with E-state index in [1.807, 2.05) is 24.3 Å². The van der Waals surface area contributed by atoms with Crippen molar-refractivity contribution in [2.75, 3.05) is 11.9 Å². The van der Waals surface area contributed by atoms with Crippen LogP contribution in [0.5, 0.6) is 5.75 Å². The lowest BCUT2D eigenvalue weighted by molar-refractivity contribution is 0.158. The van der Waals surface area contributed by atoms with Crippen molar-refractivity contribution in [2.45, 2.75) is 5.92 Å². The largest absolute Gasteiger partial charge is 0.507 e. The molecule has 148 valence electrons. The molecule has 0 saturated heterocycles. The van der Waals surface area contributed by atoms with Crippen LogP contribution in [-0.2, 0) is 4.74 Å². The van der Waals surface area contributed by atoms with Crippen molar-refractivity contribution in [2.24, 2.45) is 0 Å². The molecule has 0 bridgehead atoms. The van der Waals surface area contributed by atoms with Crippen molar-refractivity contribution in [3.63, 3.8) is 0 Å². The van der Waals surface area contributed by atoms with Crippen LogP contribution in [-0.4, -0.2) is 17.8 Å². The van der Waals surface area contributed by atoms with Gasteiger partial charge in [-0.1, -0.05) is 66.2 Å². The van der Waals surface area contributed by atoms with Crippen LogP contribution in [0.3, 0.4) is 0 Å². The highest BCUT2D eigenvalue weighted by Crippen LogP contribution is 2.44. The van der Waals surface area contributed by atoms with Gasteiger partial charge in [-0.3, -0.25) is 5.32 Å². The molecule has 0 saturated carbocycles.